The zero-order valence-electron chi connectivity index (χ0n) is 14.1. The lowest BCUT2D eigenvalue weighted by molar-refractivity contribution is -0.139. The summed E-state index contributed by atoms with van der Waals surface area (Å²) in [5.41, 5.74) is 0.496. The van der Waals surface area contributed by atoms with Crippen molar-refractivity contribution in [1.29, 1.82) is 5.26 Å². The van der Waals surface area contributed by atoms with E-state index in [2.05, 4.69) is 20.7 Å². The Labute approximate surface area is 148 Å². The topological polar surface area (TPSA) is 135 Å². The minimum absolute atomic E-state index is 0.0123. The van der Waals surface area contributed by atoms with Gasteiger partial charge in [0.1, 0.15) is 30.0 Å². The van der Waals surface area contributed by atoms with Crippen LogP contribution >= 0.6 is 0 Å². The molecule has 1 aliphatic heterocycles. The second-order valence-electron chi connectivity index (χ2n) is 5.47. The van der Waals surface area contributed by atoms with E-state index in [1.807, 2.05) is 6.07 Å². The molecule has 10 nitrogen and oxygen atoms in total. The van der Waals surface area contributed by atoms with Gasteiger partial charge in [0.25, 0.3) is 5.82 Å². The zero-order valence-corrected chi connectivity index (χ0v) is 14.1. The summed E-state index contributed by atoms with van der Waals surface area (Å²) >= 11 is 0. The van der Waals surface area contributed by atoms with Gasteiger partial charge in [0.05, 0.1) is 24.4 Å². The summed E-state index contributed by atoms with van der Waals surface area (Å²) in [4.78, 5) is 28.5. The van der Waals surface area contributed by atoms with Crippen molar-refractivity contribution in [3.05, 3.63) is 47.1 Å². The van der Waals surface area contributed by atoms with Crippen molar-refractivity contribution in [2.75, 3.05) is 6.61 Å². The van der Waals surface area contributed by atoms with E-state index in [4.69, 9.17) is 14.4 Å². The first-order valence-electron chi connectivity index (χ1n) is 7.85. The van der Waals surface area contributed by atoms with Gasteiger partial charge in [-0.1, -0.05) is 0 Å². The largest absolute Gasteiger partial charge is 0.464 e. The highest BCUT2D eigenvalue weighted by molar-refractivity contribution is 5.94. The molecule has 26 heavy (non-hydrogen) atoms. The van der Waals surface area contributed by atoms with Crippen LogP contribution in [0.5, 0.6) is 0 Å². The summed E-state index contributed by atoms with van der Waals surface area (Å²) in [5, 5.41) is 18.1. The van der Waals surface area contributed by atoms with Gasteiger partial charge in [-0.2, -0.15) is 5.26 Å². The van der Waals surface area contributed by atoms with Gasteiger partial charge in [0.2, 0.25) is 0 Å². The summed E-state index contributed by atoms with van der Waals surface area (Å²) in [6, 6.07) is 3.95. The van der Waals surface area contributed by atoms with E-state index in [9.17, 15) is 9.59 Å². The number of hydrogen-bond acceptors (Lipinski definition) is 7. The molecule has 0 bridgehead atoms. The molecule has 3 rings (SSSR count). The molecule has 0 aliphatic carbocycles. The number of allylic oxidation sites excluding steroid dienone is 1. The van der Waals surface area contributed by atoms with Crippen LogP contribution in [-0.4, -0.2) is 33.4 Å². The van der Waals surface area contributed by atoms with Crippen LogP contribution in [0.2, 0.25) is 0 Å². The van der Waals surface area contributed by atoms with Gasteiger partial charge in [-0.25, -0.2) is 19.3 Å². The average Bonchev–Trinajstić information content (AvgIpc) is 3.23. The minimum Gasteiger partial charge on any atom is -0.464 e. The summed E-state index contributed by atoms with van der Waals surface area (Å²) in [5.74, 6) is 0.457. The Kier molecular flexibility index (Phi) is 4.70. The molecule has 2 aromatic heterocycles. The number of aryl methyl sites for hydroxylation is 1. The molecule has 10 heteroatoms. The van der Waals surface area contributed by atoms with Crippen molar-refractivity contribution in [1.82, 2.24) is 25.4 Å². The molecule has 0 aromatic carbocycles. The average molecular weight is 356 g/mol. The van der Waals surface area contributed by atoms with Crippen LogP contribution < -0.4 is 10.6 Å². The maximum Gasteiger partial charge on any atom is 0.338 e. The number of ether oxygens (including phenoxy) is 1. The SMILES string of the molecule is CCOC(=O)C1=C(Cn2cnc(C#N)n2)NC(=O)NC1c1ccc(C)o1. The van der Waals surface area contributed by atoms with Crippen LogP contribution in [0, 0.1) is 18.3 Å². The van der Waals surface area contributed by atoms with Gasteiger partial charge in [0.15, 0.2) is 0 Å². The Bertz CT molecular complexity index is 919. The molecule has 1 unspecified atom stereocenters. The first-order valence-corrected chi connectivity index (χ1v) is 7.85. The third-order valence-corrected chi connectivity index (χ3v) is 3.65. The van der Waals surface area contributed by atoms with E-state index in [0.29, 0.717) is 17.2 Å². The normalized spacial score (nSPS) is 16.7. The third-order valence-electron chi connectivity index (χ3n) is 3.65. The van der Waals surface area contributed by atoms with Crippen LogP contribution in [0.3, 0.4) is 0 Å². The number of nitrogens with one attached hydrogen (secondary N) is 2. The van der Waals surface area contributed by atoms with Gasteiger partial charge >= 0.3 is 12.0 Å². The molecule has 0 radical (unpaired) electrons. The van der Waals surface area contributed by atoms with Crippen LogP contribution in [-0.2, 0) is 16.1 Å². The molecule has 0 fully saturated rings. The molecular weight excluding hydrogens is 340 g/mol. The van der Waals surface area contributed by atoms with E-state index in [0.717, 1.165) is 0 Å². The zero-order chi connectivity index (χ0) is 18.7. The van der Waals surface area contributed by atoms with Crippen LogP contribution in [0.15, 0.2) is 34.1 Å². The third kappa shape index (κ3) is 3.41. The highest BCUT2D eigenvalue weighted by Gasteiger charge is 2.35. The van der Waals surface area contributed by atoms with Gasteiger partial charge in [-0.05, 0) is 26.0 Å². The predicted octanol–water partition coefficient (Wildman–Crippen LogP) is 0.923. The second kappa shape index (κ2) is 7.10. The van der Waals surface area contributed by atoms with Gasteiger partial charge in [-0.15, -0.1) is 5.10 Å². The Balaban J connectivity index is 2.04. The Morgan fingerprint density at radius 3 is 2.92 bits per heavy atom. The second-order valence-corrected chi connectivity index (χ2v) is 5.47. The van der Waals surface area contributed by atoms with E-state index in [-0.39, 0.29) is 24.5 Å². The number of rotatable bonds is 5. The summed E-state index contributed by atoms with van der Waals surface area (Å²) in [6.45, 7) is 3.66. The summed E-state index contributed by atoms with van der Waals surface area (Å²) < 4.78 is 12.1. The molecule has 1 atom stereocenters. The number of amides is 2. The number of carbonyl (C=O) groups excluding carboxylic acids is 2. The molecular formula is C16H16N6O4. The van der Waals surface area contributed by atoms with Crippen molar-refractivity contribution in [2.24, 2.45) is 0 Å². The van der Waals surface area contributed by atoms with E-state index < -0.39 is 18.0 Å². The molecule has 134 valence electrons. The van der Waals surface area contributed by atoms with E-state index in [1.54, 1.807) is 26.0 Å². The van der Waals surface area contributed by atoms with Crippen LogP contribution in [0.4, 0.5) is 4.79 Å². The number of nitrogens with zero attached hydrogens (tertiary/aromatic N) is 4. The number of furan rings is 1. The van der Waals surface area contributed by atoms with Crippen LogP contribution in [0.1, 0.15) is 30.3 Å². The predicted molar refractivity (Wildman–Crippen MR) is 86.2 cm³/mol. The van der Waals surface area contributed by atoms with Gasteiger partial charge in [0, 0.05) is 0 Å². The molecule has 1 aliphatic rings. The number of esters is 1. The lowest BCUT2D eigenvalue weighted by atomic mass is 10.00. The Morgan fingerprint density at radius 1 is 1.50 bits per heavy atom. The molecule has 3 heterocycles. The maximum atomic E-state index is 12.5. The lowest BCUT2D eigenvalue weighted by Gasteiger charge is -2.27. The standard InChI is InChI=1S/C16H16N6O4/c1-3-25-15(23)13-10(7-22-8-18-12(6-17)21-22)19-16(24)20-14(13)11-5-4-9(2)26-11/h4-5,8,14H,3,7H2,1-2H3,(H2,19,20,24). The monoisotopic (exact) mass is 356 g/mol. The molecule has 0 saturated heterocycles. The first kappa shape index (κ1) is 17.2. The van der Waals surface area contributed by atoms with Gasteiger partial charge < -0.3 is 19.8 Å². The Morgan fingerprint density at radius 2 is 2.31 bits per heavy atom. The lowest BCUT2D eigenvalue weighted by Crippen LogP contribution is -2.46. The minimum atomic E-state index is -0.801. The van der Waals surface area contributed by atoms with Crippen molar-refractivity contribution in [2.45, 2.75) is 26.4 Å². The smallest absolute Gasteiger partial charge is 0.338 e. The molecule has 2 aromatic rings. The van der Waals surface area contributed by atoms with Crippen LogP contribution in [0.25, 0.3) is 0 Å². The molecule has 2 amide bonds. The number of urea groups is 1. The van der Waals surface area contributed by atoms with Crippen molar-refractivity contribution in [3.8, 4) is 6.07 Å². The van der Waals surface area contributed by atoms with Gasteiger partial charge in [-0.3, -0.25) is 0 Å². The summed E-state index contributed by atoms with van der Waals surface area (Å²) in [6.07, 6.45) is 1.34. The number of nitriles is 1. The van der Waals surface area contributed by atoms with E-state index in [1.165, 1.54) is 11.0 Å². The number of hydrogen-bond donors (Lipinski definition) is 2. The fourth-order valence-electron chi connectivity index (χ4n) is 2.60. The molecule has 0 spiro atoms. The number of aromatic nitrogens is 3. The quantitative estimate of drug-likeness (QED) is 0.760. The highest BCUT2D eigenvalue weighted by atomic mass is 16.5. The fourth-order valence-corrected chi connectivity index (χ4v) is 2.60. The fraction of sp³-hybridized carbons (Fsp3) is 0.312. The first-order chi connectivity index (χ1) is 12.5. The highest BCUT2D eigenvalue weighted by Crippen LogP contribution is 2.29. The summed E-state index contributed by atoms with van der Waals surface area (Å²) in [7, 11) is 0. The Hall–Kier alpha value is -3.61. The molecule has 2 N–H and O–H groups in total. The van der Waals surface area contributed by atoms with Crippen molar-refractivity contribution in [3.63, 3.8) is 0 Å². The van der Waals surface area contributed by atoms with Crippen molar-refractivity contribution < 1.29 is 18.7 Å². The molecule has 0 saturated carbocycles. The maximum absolute atomic E-state index is 12.5. The van der Waals surface area contributed by atoms with Crippen molar-refractivity contribution >= 4 is 12.0 Å². The van der Waals surface area contributed by atoms with E-state index >= 15 is 0 Å². The number of carbonyl (C=O) groups is 2.